The van der Waals surface area contributed by atoms with Crippen LogP contribution < -0.4 is 11.1 Å². The fraction of sp³-hybridized carbons (Fsp3) is 0.455. The maximum absolute atomic E-state index is 11.7. The van der Waals surface area contributed by atoms with Crippen molar-refractivity contribution in [2.75, 3.05) is 30.7 Å². The van der Waals surface area contributed by atoms with E-state index in [1.165, 1.54) is 0 Å². The number of aromatic nitrogens is 1. The van der Waals surface area contributed by atoms with E-state index in [0.29, 0.717) is 18.1 Å². The van der Waals surface area contributed by atoms with Crippen LogP contribution in [0, 0.1) is 0 Å². The average Bonchev–Trinajstić information content (AvgIpc) is 2.81. The van der Waals surface area contributed by atoms with Crippen molar-refractivity contribution >= 4 is 17.4 Å². The largest absolute Gasteiger partial charge is 0.397 e. The Balaban J connectivity index is 1.82. The molecule has 86 valence electrons. The monoisotopic (exact) mass is 220 g/mol. The zero-order chi connectivity index (χ0) is 11.4. The number of hydrogen-bond donors (Lipinski definition) is 2. The third-order valence-electron chi connectivity index (χ3n) is 2.67. The molecule has 5 nitrogen and oxygen atoms in total. The second-order valence-electron chi connectivity index (χ2n) is 3.92. The van der Waals surface area contributed by atoms with E-state index in [4.69, 9.17) is 5.73 Å². The van der Waals surface area contributed by atoms with Crippen LogP contribution in [0.2, 0.25) is 0 Å². The third-order valence-corrected chi connectivity index (χ3v) is 2.67. The lowest BCUT2D eigenvalue weighted by molar-refractivity contribution is -0.128. The summed E-state index contributed by atoms with van der Waals surface area (Å²) < 4.78 is 0. The molecule has 0 aromatic carbocycles. The summed E-state index contributed by atoms with van der Waals surface area (Å²) in [7, 11) is 0. The van der Waals surface area contributed by atoms with Gasteiger partial charge in [-0.25, -0.2) is 4.98 Å². The minimum absolute atomic E-state index is 0.135. The lowest BCUT2D eigenvalue weighted by Gasteiger charge is -2.15. The number of rotatable bonds is 3. The van der Waals surface area contributed by atoms with Crippen molar-refractivity contribution in [2.45, 2.75) is 12.8 Å². The molecule has 1 amide bonds. The summed E-state index contributed by atoms with van der Waals surface area (Å²) in [5.74, 6) is 0.817. The Kier molecular flexibility index (Phi) is 3.24. The lowest BCUT2D eigenvalue weighted by atomic mass is 10.4. The van der Waals surface area contributed by atoms with Crippen LogP contribution in [0.5, 0.6) is 0 Å². The predicted molar refractivity (Wildman–Crippen MR) is 63.0 cm³/mol. The maximum Gasteiger partial charge on any atom is 0.241 e. The number of anilines is 2. The fourth-order valence-corrected chi connectivity index (χ4v) is 1.75. The summed E-state index contributed by atoms with van der Waals surface area (Å²) in [6, 6.07) is 3.53. The zero-order valence-electron chi connectivity index (χ0n) is 9.15. The van der Waals surface area contributed by atoms with Gasteiger partial charge in [-0.2, -0.15) is 0 Å². The number of nitrogens with one attached hydrogen (secondary N) is 1. The first-order valence-corrected chi connectivity index (χ1v) is 5.49. The third kappa shape index (κ3) is 2.62. The van der Waals surface area contributed by atoms with Gasteiger partial charge in [0.2, 0.25) is 5.91 Å². The molecule has 1 aromatic rings. The van der Waals surface area contributed by atoms with Crippen LogP contribution >= 0.6 is 0 Å². The highest BCUT2D eigenvalue weighted by molar-refractivity contribution is 5.80. The molecule has 2 heterocycles. The normalized spacial score (nSPS) is 15.1. The quantitative estimate of drug-likeness (QED) is 0.786. The number of pyridine rings is 1. The van der Waals surface area contributed by atoms with Crippen LogP contribution in [-0.4, -0.2) is 35.4 Å². The Labute approximate surface area is 94.6 Å². The van der Waals surface area contributed by atoms with E-state index >= 15 is 0 Å². The van der Waals surface area contributed by atoms with Crippen molar-refractivity contribution < 1.29 is 4.79 Å². The fourth-order valence-electron chi connectivity index (χ4n) is 1.75. The first kappa shape index (κ1) is 10.7. The van der Waals surface area contributed by atoms with Crippen LogP contribution in [0.1, 0.15) is 12.8 Å². The van der Waals surface area contributed by atoms with E-state index in [2.05, 4.69) is 10.3 Å². The van der Waals surface area contributed by atoms with E-state index in [9.17, 15) is 4.79 Å². The Bertz CT molecular complexity index is 357. The van der Waals surface area contributed by atoms with Gasteiger partial charge in [-0.05, 0) is 25.0 Å². The van der Waals surface area contributed by atoms with Crippen molar-refractivity contribution in [3.05, 3.63) is 18.3 Å². The highest BCUT2D eigenvalue weighted by Gasteiger charge is 2.17. The van der Waals surface area contributed by atoms with E-state index in [1.807, 2.05) is 4.90 Å². The number of hydrogen-bond acceptors (Lipinski definition) is 4. The molecule has 1 aliphatic heterocycles. The minimum Gasteiger partial charge on any atom is -0.397 e. The molecule has 16 heavy (non-hydrogen) atoms. The van der Waals surface area contributed by atoms with Crippen LogP contribution in [-0.2, 0) is 4.79 Å². The number of amides is 1. The Morgan fingerprint density at radius 1 is 1.44 bits per heavy atom. The summed E-state index contributed by atoms with van der Waals surface area (Å²) >= 11 is 0. The van der Waals surface area contributed by atoms with Gasteiger partial charge in [0.15, 0.2) is 0 Å². The second kappa shape index (κ2) is 4.83. The molecule has 0 atom stereocenters. The number of nitrogen functional groups attached to an aromatic ring is 1. The van der Waals surface area contributed by atoms with Crippen LogP contribution in [0.25, 0.3) is 0 Å². The number of nitrogens with zero attached hydrogens (tertiary/aromatic N) is 2. The number of nitrogens with two attached hydrogens (primary N) is 1. The van der Waals surface area contributed by atoms with E-state index in [0.717, 1.165) is 25.9 Å². The van der Waals surface area contributed by atoms with Crippen LogP contribution in [0.3, 0.4) is 0 Å². The molecule has 1 saturated heterocycles. The smallest absolute Gasteiger partial charge is 0.241 e. The predicted octanol–water partition coefficient (Wildman–Crippen LogP) is 0.698. The SMILES string of the molecule is Nc1ccc(NCC(=O)N2CCCC2)nc1. The Morgan fingerprint density at radius 3 is 2.81 bits per heavy atom. The summed E-state index contributed by atoms with van der Waals surface area (Å²) in [4.78, 5) is 17.6. The molecular weight excluding hydrogens is 204 g/mol. The van der Waals surface area contributed by atoms with Gasteiger partial charge >= 0.3 is 0 Å². The highest BCUT2D eigenvalue weighted by atomic mass is 16.2. The van der Waals surface area contributed by atoms with Crippen molar-refractivity contribution in [3.8, 4) is 0 Å². The topological polar surface area (TPSA) is 71.2 Å². The van der Waals surface area contributed by atoms with Gasteiger partial charge in [0.25, 0.3) is 0 Å². The molecule has 3 N–H and O–H groups in total. The Morgan fingerprint density at radius 2 is 2.19 bits per heavy atom. The van der Waals surface area contributed by atoms with Gasteiger partial charge in [-0.3, -0.25) is 4.79 Å². The highest BCUT2D eigenvalue weighted by Crippen LogP contribution is 2.09. The minimum atomic E-state index is 0.135. The molecule has 0 bridgehead atoms. The summed E-state index contributed by atoms with van der Waals surface area (Å²) in [5, 5.41) is 2.99. The molecule has 0 spiro atoms. The molecule has 1 aromatic heterocycles. The van der Waals surface area contributed by atoms with Gasteiger partial charge in [0.1, 0.15) is 5.82 Å². The van der Waals surface area contributed by atoms with Crippen molar-refractivity contribution in [3.63, 3.8) is 0 Å². The van der Waals surface area contributed by atoms with Gasteiger partial charge in [0.05, 0.1) is 18.4 Å². The first-order valence-electron chi connectivity index (χ1n) is 5.49. The molecule has 0 saturated carbocycles. The van der Waals surface area contributed by atoms with Crippen molar-refractivity contribution in [1.82, 2.24) is 9.88 Å². The number of carbonyl (C=O) groups excluding carboxylic acids is 1. The van der Waals surface area contributed by atoms with E-state index in [-0.39, 0.29) is 5.91 Å². The molecular formula is C11H16N4O. The van der Waals surface area contributed by atoms with Gasteiger partial charge in [-0.15, -0.1) is 0 Å². The van der Waals surface area contributed by atoms with Crippen molar-refractivity contribution in [1.29, 1.82) is 0 Å². The zero-order valence-corrected chi connectivity index (χ0v) is 9.15. The molecule has 1 fully saturated rings. The second-order valence-corrected chi connectivity index (χ2v) is 3.92. The average molecular weight is 220 g/mol. The standard InChI is InChI=1S/C11H16N4O/c12-9-3-4-10(13-7-9)14-8-11(16)15-5-1-2-6-15/h3-4,7H,1-2,5-6,8,12H2,(H,13,14). The van der Waals surface area contributed by atoms with Gasteiger partial charge in [0, 0.05) is 13.1 Å². The first-order chi connectivity index (χ1) is 7.75. The summed E-state index contributed by atoms with van der Waals surface area (Å²) in [6.45, 7) is 2.07. The summed E-state index contributed by atoms with van der Waals surface area (Å²) in [6.07, 6.45) is 3.81. The number of carbonyl (C=O) groups is 1. The molecule has 0 aliphatic carbocycles. The molecule has 0 radical (unpaired) electrons. The lowest BCUT2D eigenvalue weighted by Crippen LogP contribution is -2.33. The molecule has 1 aliphatic rings. The van der Waals surface area contributed by atoms with E-state index < -0.39 is 0 Å². The van der Waals surface area contributed by atoms with Crippen LogP contribution in [0.4, 0.5) is 11.5 Å². The van der Waals surface area contributed by atoms with Gasteiger partial charge < -0.3 is 16.0 Å². The number of likely N-dealkylation sites (tertiary alicyclic amines) is 1. The molecule has 5 heteroatoms. The van der Waals surface area contributed by atoms with Crippen LogP contribution in [0.15, 0.2) is 18.3 Å². The summed E-state index contributed by atoms with van der Waals surface area (Å²) in [5.41, 5.74) is 6.14. The molecule has 0 unspecified atom stereocenters. The van der Waals surface area contributed by atoms with Crippen molar-refractivity contribution in [2.24, 2.45) is 0 Å². The van der Waals surface area contributed by atoms with Gasteiger partial charge in [-0.1, -0.05) is 0 Å². The van der Waals surface area contributed by atoms with E-state index in [1.54, 1.807) is 18.3 Å². The Hall–Kier alpha value is -1.78. The maximum atomic E-state index is 11.7. The molecule has 2 rings (SSSR count).